The zero-order valence-electron chi connectivity index (χ0n) is 18.1. The summed E-state index contributed by atoms with van der Waals surface area (Å²) in [6.45, 7) is 2.31. The molecule has 0 N–H and O–H groups in total. The Morgan fingerprint density at radius 1 is 0.793 bits per heavy atom. The average Bonchev–Trinajstić information content (AvgIpc) is 2.73. The molecule has 3 heteroatoms. The number of unbranched alkanes of at least 4 members (excludes halogenated alkanes) is 1. The molecule has 1 aromatic rings. The summed E-state index contributed by atoms with van der Waals surface area (Å²) in [5.41, 5.74) is 0.281. The van der Waals surface area contributed by atoms with Gasteiger partial charge in [0.15, 0.2) is 6.29 Å². The Bertz CT molecular complexity index is 617. The van der Waals surface area contributed by atoms with E-state index in [0.29, 0.717) is 0 Å². The molecule has 1 nitrogen and oxygen atoms in total. The minimum absolute atomic E-state index is 0.231. The van der Waals surface area contributed by atoms with E-state index in [4.69, 9.17) is 0 Å². The zero-order chi connectivity index (χ0) is 20.6. The molecule has 162 valence electrons. The number of aldehydes is 1. The molecule has 0 amide bonds. The number of carbonyl (C=O) groups excluding carboxylic acids is 1. The minimum atomic E-state index is -0.721. The Kier molecular flexibility index (Phi) is 8.68. The van der Waals surface area contributed by atoms with E-state index < -0.39 is 17.2 Å². The Balaban J connectivity index is 1.33. The molecule has 0 atom stereocenters. The van der Waals surface area contributed by atoms with Crippen LogP contribution in [0.4, 0.5) is 8.78 Å². The lowest BCUT2D eigenvalue weighted by atomic mass is 9.76. The van der Waals surface area contributed by atoms with Gasteiger partial charge in [-0.05, 0) is 67.1 Å². The highest BCUT2D eigenvalue weighted by atomic mass is 19.1. The van der Waals surface area contributed by atoms with Crippen LogP contribution in [0.2, 0.25) is 0 Å². The molecular weight excluding hydrogens is 366 g/mol. The molecule has 29 heavy (non-hydrogen) atoms. The lowest BCUT2D eigenvalue weighted by Crippen LogP contribution is -2.15. The van der Waals surface area contributed by atoms with Crippen molar-refractivity contribution in [2.24, 2.45) is 17.8 Å². The van der Waals surface area contributed by atoms with E-state index in [1.165, 1.54) is 76.3 Å². The standard InChI is InChI=1S/C26H38F2O/c1-2-5-19-8-10-20(11-9-19)6-3-4-7-21-12-14-22(15-13-21)23-16-25(27)24(18-29)26(28)17-23/h16-22H,2-15H2,1H3/t19-,20-,21-,22-. The number of halogens is 2. The number of hydrogen-bond donors (Lipinski definition) is 0. The lowest BCUT2D eigenvalue weighted by Gasteiger charge is -2.30. The fourth-order valence-corrected chi connectivity index (χ4v) is 5.82. The normalized spacial score (nSPS) is 27.7. The van der Waals surface area contributed by atoms with Crippen molar-refractivity contribution in [2.45, 2.75) is 103 Å². The van der Waals surface area contributed by atoms with Gasteiger partial charge < -0.3 is 0 Å². The van der Waals surface area contributed by atoms with Crippen molar-refractivity contribution < 1.29 is 13.6 Å². The first-order valence-electron chi connectivity index (χ1n) is 12.0. The Morgan fingerprint density at radius 2 is 1.24 bits per heavy atom. The predicted molar refractivity (Wildman–Crippen MR) is 115 cm³/mol. The monoisotopic (exact) mass is 404 g/mol. The van der Waals surface area contributed by atoms with Gasteiger partial charge in [0.25, 0.3) is 0 Å². The second-order valence-electron chi connectivity index (χ2n) is 9.69. The number of rotatable bonds is 9. The number of hydrogen-bond acceptors (Lipinski definition) is 1. The predicted octanol–water partition coefficient (Wildman–Crippen LogP) is 8.22. The first-order valence-corrected chi connectivity index (χ1v) is 12.0. The second kappa shape index (κ2) is 11.2. The van der Waals surface area contributed by atoms with Crippen LogP contribution in [-0.2, 0) is 0 Å². The van der Waals surface area contributed by atoms with E-state index >= 15 is 0 Å². The fraction of sp³-hybridized carbons (Fsp3) is 0.731. The highest BCUT2D eigenvalue weighted by Crippen LogP contribution is 2.39. The van der Waals surface area contributed by atoms with Crippen molar-refractivity contribution >= 4 is 6.29 Å². The van der Waals surface area contributed by atoms with E-state index in [1.54, 1.807) is 0 Å². The van der Waals surface area contributed by atoms with Gasteiger partial charge in [-0.2, -0.15) is 0 Å². The molecule has 0 aliphatic heterocycles. The maximum Gasteiger partial charge on any atom is 0.155 e. The maximum atomic E-state index is 13.9. The van der Waals surface area contributed by atoms with Crippen LogP contribution in [0.15, 0.2) is 12.1 Å². The summed E-state index contributed by atoms with van der Waals surface area (Å²) >= 11 is 0. The van der Waals surface area contributed by atoms with Gasteiger partial charge in [-0.3, -0.25) is 4.79 Å². The van der Waals surface area contributed by atoms with Gasteiger partial charge in [0.2, 0.25) is 0 Å². The van der Waals surface area contributed by atoms with Crippen molar-refractivity contribution in [1.29, 1.82) is 0 Å². The highest BCUT2D eigenvalue weighted by molar-refractivity contribution is 5.75. The van der Waals surface area contributed by atoms with Gasteiger partial charge in [-0.1, -0.05) is 71.1 Å². The molecule has 0 spiro atoms. The van der Waals surface area contributed by atoms with Gasteiger partial charge in [-0.25, -0.2) is 8.78 Å². The summed E-state index contributed by atoms with van der Waals surface area (Å²) < 4.78 is 27.8. The Labute approximate surface area is 175 Å². The minimum Gasteiger partial charge on any atom is -0.298 e. The summed E-state index contributed by atoms with van der Waals surface area (Å²) in [7, 11) is 0. The summed E-state index contributed by atoms with van der Waals surface area (Å²) in [5, 5.41) is 0. The van der Waals surface area contributed by atoms with Gasteiger partial charge in [0.1, 0.15) is 11.6 Å². The van der Waals surface area contributed by atoms with Gasteiger partial charge in [0, 0.05) is 0 Å². The molecule has 1 aromatic carbocycles. The van der Waals surface area contributed by atoms with Crippen LogP contribution in [0.25, 0.3) is 0 Å². The largest absolute Gasteiger partial charge is 0.298 e. The molecule has 0 unspecified atom stereocenters. The van der Waals surface area contributed by atoms with Crippen LogP contribution in [0.5, 0.6) is 0 Å². The van der Waals surface area contributed by atoms with Gasteiger partial charge >= 0.3 is 0 Å². The summed E-state index contributed by atoms with van der Waals surface area (Å²) in [6.07, 6.45) is 18.6. The van der Waals surface area contributed by atoms with Gasteiger partial charge in [0.05, 0.1) is 5.56 Å². The van der Waals surface area contributed by atoms with Crippen LogP contribution < -0.4 is 0 Å². The fourth-order valence-electron chi connectivity index (χ4n) is 5.82. The third-order valence-electron chi connectivity index (χ3n) is 7.68. The number of benzene rings is 1. The van der Waals surface area contributed by atoms with Crippen LogP contribution >= 0.6 is 0 Å². The summed E-state index contributed by atoms with van der Waals surface area (Å²) in [6, 6.07) is 2.74. The molecule has 0 radical (unpaired) electrons. The zero-order valence-corrected chi connectivity index (χ0v) is 18.1. The van der Waals surface area contributed by atoms with Crippen molar-refractivity contribution in [3.63, 3.8) is 0 Å². The molecule has 0 bridgehead atoms. The van der Waals surface area contributed by atoms with Crippen LogP contribution in [0.3, 0.4) is 0 Å². The first-order chi connectivity index (χ1) is 14.1. The van der Waals surface area contributed by atoms with Crippen molar-refractivity contribution in [2.75, 3.05) is 0 Å². The molecule has 2 aliphatic carbocycles. The van der Waals surface area contributed by atoms with E-state index in [2.05, 4.69) is 6.92 Å². The highest BCUT2D eigenvalue weighted by Gasteiger charge is 2.24. The van der Waals surface area contributed by atoms with Crippen LogP contribution in [-0.4, -0.2) is 6.29 Å². The average molecular weight is 405 g/mol. The molecule has 2 saturated carbocycles. The molecule has 2 fully saturated rings. The molecule has 2 aliphatic rings. The lowest BCUT2D eigenvalue weighted by molar-refractivity contribution is 0.111. The van der Waals surface area contributed by atoms with Crippen molar-refractivity contribution in [1.82, 2.24) is 0 Å². The van der Waals surface area contributed by atoms with Crippen molar-refractivity contribution in [3.05, 3.63) is 34.9 Å². The van der Waals surface area contributed by atoms with E-state index in [-0.39, 0.29) is 12.2 Å². The molecule has 0 saturated heterocycles. The smallest absolute Gasteiger partial charge is 0.155 e. The van der Waals surface area contributed by atoms with E-state index in [1.807, 2.05) is 0 Å². The summed E-state index contributed by atoms with van der Waals surface area (Å²) in [5.74, 6) is 1.53. The topological polar surface area (TPSA) is 17.1 Å². The molecule has 0 aromatic heterocycles. The maximum absolute atomic E-state index is 13.9. The molecular formula is C26H38F2O. The van der Waals surface area contributed by atoms with Gasteiger partial charge in [-0.15, -0.1) is 0 Å². The van der Waals surface area contributed by atoms with Crippen LogP contribution in [0, 0.1) is 29.4 Å². The third-order valence-corrected chi connectivity index (χ3v) is 7.68. The summed E-state index contributed by atoms with van der Waals surface area (Å²) in [4.78, 5) is 10.8. The Morgan fingerprint density at radius 3 is 1.69 bits per heavy atom. The van der Waals surface area contributed by atoms with E-state index in [0.717, 1.165) is 49.0 Å². The molecule has 3 rings (SSSR count). The molecule has 0 heterocycles. The quantitative estimate of drug-likeness (QED) is 0.299. The SMILES string of the molecule is CCC[C@H]1CC[C@H](CCCC[C@H]2CC[C@H](c3cc(F)c(C=O)c(F)c3)CC2)CC1. The van der Waals surface area contributed by atoms with E-state index in [9.17, 15) is 13.6 Å². The second-order valence-corrected chi connectivity index (χ2v) is 9.69. The third kappa shape index (κ3) is 6.36. The Hall–Kier alpha value is -1.25. The van der Waals surface area contributed by atoms with Crippen LogP contribution in [0.1, 0.15) is 119 Å². The first kappa shape index (κ1) is 22.4. The number of carbonyl (C=O) groups is 1. The van der Waals surface area contributed by atoms with Crippen molar-refractivity contribution in [3.8, 4) is 0 Å².